The van der Waals surface area contributed by atoms with Gasteiger partial charge in [-0.1, -0.05) is 127 Å². The van der Waals surface area contributed by atoms with Crippen molar-refractivity contribution in [2.75, 3.05) is 9.80 Å². The summed E-state index contributed by atoms with van der Waals surface area (Å²) in [5.74, 6) is 0. The second-order valence-electron chi connectivity index (χ2n) is 16.0. The minimum Gasteiger partial charge on any atom is -0.311 e. The van der Waals surface area contributed by atoms with Crippen LogP contribution in [0.5, 0.6) is 0 Å². The van der Waals surface area contributed by atoms with Gasteiger partial charge in [-0.25, -0.2) is 0 Å². The van der Waals surface area contributed by atoms with Crippen molar-refractivity contribution < 1.29 is 0 Å². The molecule has 0 radical (unpaired) electrons. The molecule has 9 aromatic carbocycles. The predicted molar refractivity (Wildman–Crippen MR) is 249 cm³/mol. The number of hydrogen-bond donors (Lipinski definition) is 0. The van der Waals surface area contributed by atoms with E-state index >= 15 is 0 Å². The first-order chi connectivity index (χ1) is 29.3. The first-order valence-electron chi connectivity index (χ1n) is 20.5. The van der Waals surface area contributed by atoms with E-state index in [1.807, 2.05) is 0 Å². The lowest BCUT2D eigenvalue weighted by Gasteiger charge is -2.44. The molecule has 2 aliphatic rings. The summed E-state index contributed by atoms with van der Waals surface area (Å²) in [5, 5.41) is 7.69. The number of fused-ring (bicyclic) bond motifs is 15. The van der Waals surface area contributed by atoms with E-state index in [0.717, 1.165) is 17.1 Å². The molecule has 0 unspecified atom stereocenters. The predicted octanol–water partition coefficient (Wildman–Crippen LogP) is 12.0. The van der Waals surface area contributed by atoms with Crippen molar-refractivity contribution in [3.63, 3.8) is 0 Å². The molecule has 5 heterocycles. The number of nitrogens with zero attached hydrogens (tertiary/aromatic N) is 4. The third-order valence-electron chi connectivity index (χ3n) is 13.2. The number of rotatable bonds is 3. The minimum atomic E-state index is -0.0180. The zero-order chi connectivity index (χ0) is 38.3. The van der Waals surface area contributed by atoms with Crippen LogP contribution in [0.15, 0.2) is 200 Å². The number of aromatic nitrogens is 2. The summed E-state index contributed by atoms with van der Waals surface area (Å²) in [6.07, 6.45) is 0. The molecule has 3 aromatic heterocycles. The quantitative estimate of drug-likeness (QED) is 0.167. The molecule has 0 atom stereocenters. The van der Waals surface area contributed by atoms with Gasteiger partial charge in [0, 0.05) is 60.8 Å². The maximum Gasteiger partial charge on any atom is 0.252 e. The van der Waals surface area contributed by atoms with Crippen molar-refractivity contribution >= 4 is 117 Å². The van der Waals surface area contributed by atoms with Crippen molar-refractivity contribution in [3.05, 3.63) is 200 Å². The molecule has 0 bridgehead atoms. The molecule has 4 nitrogen and oxygen atoms in total. The molecule has 0 saturated heterocycles. The molecule has 0 spiro atoms. The van der Waals surface area contributed by atoms with Crippen LogP contribution >= 0.6 is 0 Å². The summed E-state index contributed by atoms with van der Waals surface area (Å²) in [4.78, 5) is 5.11. The summed E-state index contributed by atoms with van der Waals surface area (Å²) in [6, 6.07) is 74.1. The SMILES string of the molecule is c1ccc(N2c3cccc4c3B(c3ccc5c(c32)c2ccccc2n5-c2ccccc2)c2ccc3c(c2N4c2ccccc2)c2cccc4c5ccccc5n3c42)cc1. The Kier molecular flexibility index (Phi) is 6.07. The van der Waals surface area contributed by atoms with Gasteiger partial charge in [-0.15, -0.1) is 0 Å². The fourth-order valence-corrected chi connectivity index (χ4v) is 11.0. The van der Waals surface area contributed by atoms with E-state index in [0.29, 0.717) is 0 Å². The molecular weight excluding hydrogens is 715 g/mol. The minimum absolute atomic E-state index is 0.0180. The van der Waals surface area contributed by atoms with Crippen LogP contribution in [-0.2, 0) is 0 Å². The van der Waals surface area contributed by atoms with Crippen LogP contribution in [0.4, 0.5) is 34.1 Å². The maximum atomic E-state index is 2.56. The lowest BCUT2D eigenvalue weighted by atomic mass is 9.33. The Morgan fingerprint density at radius 1 is 0.322 bits per heavy atom. The number of para-hydroxylation sites is 6. The second kappa shape index (κ2) is 11.4. The van der Waals surface area contributed by atoms with Gasteiger partial charge < -0.3 is 18.8 Å². The Hall–Kier alpha value is -7.76. The molecule has 2 aliphatic heterocycles. The zero-order valence-electron chi connectivity index (χ0n) is 31.9. The first-order valence-corrected chi connectivity index (χ1v) is 20.5. The molecular formula is C54H33BN4. The molecule has 12 aromatic rings. The average molecular weight is 749 g/mol. The van der Waals surface area contributed by atoms with E-state index in [4.69, 9.17) is 0 Å². The Labute approximate surface area is 340 Å². The van der Waals surface area contributed by atoms with E-state index in [1.54, 1.807) is 0 Å². The normalized spacial score (nSPS) is 13.3. The fourth-order valence-electron chi connectivity index (χ4n) is 11.0. The molecule has 0 aliphatic carbocycles. The van der Waals surface area contributed by atoms with E-state index in [1.165, 1.54) is 99.0 Å². The molecule has 5 heteroatoms. The molecule has 0 fully saturated rings. The fraction of sp³-hybridized carbons (Fsp3) is 0. The van der Waals surface area contributed by atoms with Crippen LogP contribution in [0.25, 0.3) is 65.6 Å². The van der Waals surface area contributed by atoms with Crippen LogP contribution in [0.2, 0.25) is 0 Å². The summed E-state index contributed by atoms with van der Waals surface area (Å²) in [7, 11) is 0. The number of benzene rings is 9. The summed E-state index contributed by atoms with van der Waals surface area (Å²) >= 11 is 0. The van der Waals surface area contributed by atoms with Crippen molar-refractivity contribution in [2.24, 2.45) is 0 Å². The lowest BCUT2D eigenvalue weighted by Crippen LogP contribution is -2.61. The van der Waals surface area contributed by atoms with Gasteiger partial charge in [-0.3, -0.25) is 0 Å². The average Bonchev–Trinajstić information content (AvgIpc) is 3.95. The van der Waals surface area contributed by atoms with E-state index in [2.05, 4.69) is 219 Å². The van der Waals surface area contributed by atoms with Crippen LogP contribution < -0.4 is 26.2 Å². The molecule has 0 amide bonds. The highest BCUT2D eigenvalue weighted by Gasteiger charge is 2.45. The molecule has 0 N–H and O–H groups in total. The summed E-state index contributed by atoms with van der Waals surface area (Å²) in [5.41, 5.74) is 18.5. The van der Waals surface area contributed by atoms with Crippen molar-refractivity contribution in [2.45, 2.75) is 0 Å². The Balaban J connectivity index is 1.17. The van der Waals surface area contributed by atoms with Crippen molar-refractivity contribution in [3.8, 4) is 5.69 Å². The van der Waals surface area contributed by atoms with Gasteiger partial charge >= 0.3 is 0 Å². The van der Waals surface area contributed by atoms with Crippen molar-refractivity contribution in [1.82, 2.24) is 8.97 Å². The van der Waals surface area contributed by atoms with Crippen LogP contribution in [0.3, 0.4) is 0 Å². The summed E-state index contributed by atoms with van der Waals surface area (Å²) < 4.78 is 4.96. The van der Waals surface area contributed by atoms with Crippen LogP contribution in [0, 0.1) is 0 Å². The molecule has 59 heavy (non-hydrogen) atoms. The van der Waals surface area contributed by atoms with Crippen molar-refractivity contribution in [1.29, 1.82) is 0 Å². The molecule has 272 valence electrons. The van der Waals surface area contributed by atoms with Gasteiger partial charge in [-0.2, -0.15) is 0 Å². The highest BCUT2D eigenvalue weighted by molar-refractivity contribution is 7.01. The molecule has 0 saturated carbocycles. The van der Waals surface area contributed by atoms with Gasteiger partial charge in [0.2, 0.25) is 0 Å². The standard InChI is InChI=1S/C54H33BN4/c1-4-16-34(17-5-1)56-44-27-13-11-23-39(44)49-45(56)32-30-41-53(49)57(35-18-6-2-7-19-35)47-28-15-29-48-51(47)55(41)42-31-33-46-50(54(42)58(48)36-20-8-3-9-21-36)40-25-14-24-38-37-22-10-12-26-43(37)59(46)52(38)40/h1-33H. The highest BCUT2D eigenvalue weighted by atomic mass is 15.2. The van der Waals surface area contributed by atoms with Crippen LogP contribution in [0.1, 0.15) is 0 Å². The van der Waals surface area contributed by atoms with Gasteiger partial charge in [0.25, 0.3) is 6.71 Å². The number of hydrogen-bond acceptors (Lipinski definition) is 2. The first kappa shape index (κ1) is 31.3. The Bertz CT molecular complexity index is 3680. The van der Waals surface area contributed by atoms with E-state index < -0.39 is 0 Å². The van der Waals surface area contributed by atoms with Gasteiger partial charge in [0.05, 0.1) is 39.0 Å². The third-order valence-corrected chi connectivity index (χ3v) is 13.2. The Morgan fingerprint density at radius 3 is 1.47 bits per heavy atom. The highest BCUT2D eigenvalue weighted by Crippen LogP contribution is 2.51. The topological polar surface area (TPSA) is 15.8 Å². The summed E-state index contributed by atoms with van der Waals surface area (Å²) in [6.45, 7) is -0.0180. The monoisotopic (exact) mass is 748 g/mol. The largest absolute Gasteiger partial charge is 0.311 e. The lowest BCUT2D eigenvalue weighted by molar-refractivity contribution is 1.18. The maximum absolute atomic E-state index is 2.56. The smallest absolute Gasteiger partial charge is 0.252 e. The third kappa shape index (κ3) is 3.94. The van der Waals surface area contributed by atoms with Gasteiger partial charge in [0.1, 0.15) is 0 Å². The van der Waals surface area contributed by atoms with E-state index in [-0.39, 0.29) is 6.71 Å². The number of anilines is 6. The van der Waals surface area contributed by atoms with E-state index in [9.17, 15) is 0 Å². The Morgan fingerprint density at radius 2 is 0.814 bits per heavy atom. The second-order valence-corrected chi connectivity index (χ2v) is 16.0. The van der Waals surface area contributed by atoms with Crippen LogP contribution in [-0.4, -0.2) is 15.7 Å². The molecule has 14 rings (SSSR count). The zero-order valence-corrected chi connectivity index (χ0v) is 31.9. The van der Waals surface area contributed by atoms with Gasteiger partial charge in [0.15, 0.2) is 0 Å². The van der Waals surface area contributed by atoms with Gasteiger partial charge in [-0.05, 0) is 89.2 Å².